The number of ether oxygens (including phenoxy) is 2. The molecular weight excluding hydrogens is 356 g/mol. The Bertz CT molecular complexity index is 879. The molecule has 0 aliphatic carbocycles. The van der Waals surface area contributed by atoms with Crippen LogP contribution in [-0.4, -0.2) is 29.2 Å². The number of nitrogens with zero attached hydrogens (tertiary/aromatic N) is 1. The average Bonchev–Trinajstić information content (AvgIpc) is 2.65. The fourth-order valence-corrected chi connectivity index (χ4v) is 2.08. The van der Waals surface area contributed by atoms with Gasteiger partial charge in [-0.15, -0.1) is 0 Å². The summed E-state index contributed by atoms with van der Waals surface area (Å²) in [7, 11) is 1.13. The second-order valence-electron chi connectivity index (χ2n) is 5.24. The smallest absolute Gasteiger partial charge is 0.412 e. The predicted molar refractivity (Wildman–Crippen MR) is 94.5 cm³/mol. The molecule has 140 valence electrons. The van der Waals surface area contributed by atoms with E-state index in [9.17, 15) is 24.8 Å². The zero-order valence-corrected chi connectivity index (χ0v) is 14.2. The first-order valence-corrected chi connectivity index (χ1v) is 7.66. The number of methoxy groups -OCH3 is 1. The summed E-state index contributed by atoms with van der Waals surface area (Å²) in [5.74, 6) is -1.44. The van der Waals surface area contributed by atoms with Gasteiger partial charge in [0.2, 0.25) is 0 Å². The second kappa shape index (κ2) is 8.99. The molecule has 1 amide bonds. The Kier molecular flexibility index (Phi) is 6.48. The molecule has 2 rings (SSSR count). The molecule has 0 saturated carbocycles. The van der Waals surface area contributed by atoms with Crippen molar-refractivity contribution in [3.8, 4) is 5.75 Å². The molecule has 0 spiro atoms. The summed E-state index contributed by atoms with van der Waals surface area (Å²) in [6, 6.07) is 12.4. The number of phenols is 1. The van der Waals surface area contributed by atoms with Gasteiger partial charge in [0.25, 0.3) is 0 Å². The molecule has 2 N–H and O–H groups in total. The Morgan fingerprint density at radius 2 is 1.93 bits per heavy atom. The third-order valence-corrected chi connectivity index (χ3v) is 3.36. The maximum absolute atomic E-state index is 11.9. The van der Waals surface area contributed by atoms with E-state index in [0.29, 0.717) is 0 Å². The Labute approximate surface area is 154 Å². The number of nitro groups is 1. The number of carbonyl (C=O) groups excluding carboxylic acids is 2. The highest BCUT2D eigenvalue weighted by Gasteiger charge is 2.17. The Hall–Kier alpha value is -3.88. The van der Waals surface area contributed by atoms with E-state index < -0.39 is 28.4 Å². The minimum atomic E-state index is -0.887. The molecule has 9 nitrogen and oxygen atoms in total. The van der Waals surface area contributed by atoms with E-state index in [0.717, 1.165) is 24.8 Å². The van der Waals surface area contributed by atoms with Crippen LogP contribution in [0.25, 0.3) is 6.08 Å². The van der Waals surface area contributed by atoms with Crippen molar-refractivity contribution >= 4 is 23.8 Å². The van der Waals surface area contributed by atoms with E-state index in [2.05, 4.69) is 10.1 Å². The number of nitrogens with one attached hydrogen (secondary N) is 1. The topological polar surface area (TPSA) is 128 Å². The molecule has 2 aromatic carbocycles. The summed E-state index contributed by atoms with van der Waals surface area (Å²) < 4.78 is 9.62. The van der Waals surface area contributed by atoms with Crippen molar-refractivity contribution in [1.29, 1.82) is 0 Å². The third kappa shape index (κ3) is 5.56. The van der Waals surface area contributed by atoms with Gasteiger partial charge < -0.3 is 14.6 Å². The summed E-state index contributed by atoms with van der Waals surface area (Å²) in [5.41, 5.74) is 0.254. The highest BCUT2D eigenvalue weighted by atomic mass is 16.6. The van der Waals surface area contributed by atoms with Crippen molar-refractivity contribution in [2.45, 2.75) is 6.61 Å². The third-order valence-electron chi connectivity index (χ3n) is 3.36. The number of amides is 1. The molecule has 0 heterocycles. The lowest BCUT2D eigenvalue weighted by Gasteiger charge is -2.09. The zero-order valence-electron chi connectivity index (χ0n) is 14.2. The van der Waals surface area contributed by atoms with Gasteiger partial charge in [0.1, 0.15) is 12.3 Å². The minimum Gasteiger partial charge on any atom is -0.502 e. The Morgan fingerprint density at radius 1 is 1.22 bits per heavy atom. The normalized spacial score (nSPS) is 10.8. The van der Waals surface area contributed by atoms with Gasteiger partial charge in [-0.25, -0.2) is 9.59 Å². The molecule has 0 atom stereocenters. The van der Waals surface area contributed by atoms with Gasteiger partial charge in [-0.05, 0) is 29.3 Å². The molecule has 0 aliphatic rings. The number of rotatable bonds is 6. The largest absolute Gasteiger partial charge is 0.502 e. The molecule has 0 radical (unpaired) electrons. The van der Waals surface area contributed by atoms with E-state index in [1.165, 1.54) is 12.1 Å². The molecule has 2 aromatic rings. The van der Waals surface area contributed by atoms with Gasteiger partial charge in [0.15, 0.2) is 5.75 Å². The molecule has 0 aromatic heterocycles. The van der Waals surface area contributed by atoms with E-state index >= 15 is 0 Å². The van der Waals surface area contributed by atoms with Crippen LogP contribution in [0.1, 0.15) is 11.1 Å². The maximum Gasteiger partial charge on any atom is 0.412 e. The van der Waals surface area contributed by atoms with Crippen LogP contribution in [0, 0.1) is 10.1 Å². The lowest BCUT2D eigenvalue weighted by Crippen LogP contribution is -2.28. The lowest BCUT2D eigenvalue weighted by atomic mass is 10.1. The molecular formula is C18H16N2O7. The van der Waals surface area contributed by atoms with Crippen molar-refractivity contribution < 1.29 is 29.1 Å². The summed E-state index contributed by atoms with van der Waals surface area (Å²) in [6.45, 7) is -0.000550. The van der Waals surface area contributed by atoms with Crippen molar-refractivity contribution in [1.82, 2.24) is 5.32 Å². The Morgan fingerprint density at radius 3 is 2.52 bits per heavy atom. The van der Waals surface area contributed by atoms with Crippen LogP contribution >= 0.6 is 0 Å². The van der Waals surface area contributed by atoms with Gasteiger partial charge in [-0.1, -0.05) is 30.3 Å². The fraction of sp³-hybridized carbons (Fsp3) is 0.111. The van der Waals surface area contributed by atoms with Crippen molar-refractivity contribution in [3.05, 3.63) is 75.5 Å². The molecule has 0 unspecified atom stereocenters. The maximum atomic E-state index is 11.9. The molecule has 27 heavy (non-hydrogen) atoms. The highest BCUT2D eigenvalue weighted by Crippen LogP contribution is 2.27. The zero-order chi connectivity index (χ0) is 19.8. The Balaban J connectivity index is 2.13. The first-order chi connectivity index (χ1) is 12.9. The van der Waals surface area contributed by atoms with Gasteiger partial charge in [-0.2, -0.15) is 0 Å². The van der Waals surface area contributed by atoms with E-state index in [4.69, 9.17) is 4.74 Å². The van der Waals surface area contributed by atoms with Crippen LogP contribution in [0.2, 0.25) is 0 Å². The molecule has 0 bridgehead atoms. The van der Waals surface area contributed by atoms with Gasteiger partial charge in [0.05, 0.1) is 12.0 Å². The van der Waals surface area contributed by atoms with Crippen molar-refractivity contribution in [2.24, 2.45) is 0 Å². The van der Waals surface area contributed by atoms with Crippen LogP contribution in [0.3, 0.4) is 0 Å². The van der Waals surface area contributed by atoms with Gasteiger partial charge >= 0.3 is 17.7 Å². The average molecular weight is 372 g/mol. The van der Waals surface area contributed by atoms with Crippen LogP contribution in [0.5, 0.6) is 5.75 Å². The van der Waals surface area contributed by atoms with Crippen molar-refractivity contribution in [2.75, 3.05) is 7.11 Å². The van der Waals surface area contributed by atoms with Gasteiger partial charge in [0, 0.05) is 6.07 Å². The summed E-state index contributed by atoms with van der Waals surface area (Å²) >= 11 is 0. The number of alkyl carbamates (subject to hydrolysis) is 1. The number of hydrogen-bond acceptors (Lipinski definition) is 7. The van der Waals surface area contributed by atoms with Crippen molar-refractivity contribution in [3.63, 3.8) is 0 Å². The first kappa shape index (κ1) is 19.4. The molecule has 9 heteroatoms. The summed E-state index contributed by atoms with van der Waals surface area (Å²) in [4.78, 5) is 33.8. The monoisotopic (exact) mass is 372 g/mol. The summed E-state index contributed by atoms with van der Waals surface area (Å²) in [5, 5.41) is 22.6. The number of nitro benzene ring substituents is 1. The first-order valence-electron chi connectivity index (χ1n) is 7.66. The number of benzene rings is 2. The number of esters is 1. The van der Waals surface area contributed by atoms with E-state index in [1.807, 2.05) is 6.07 Å². The molecule has 0 saturated heterocycles. The predicted octanol–water partition coefficient (Wildman–Crippen LogP) is 2.74. The van der Waals surface area contributed by atoms with Crippen LogP contribution in [-0.2, 0) is 20.9 Å². The SMILES string of the molecule is COC(=O)/C(=C\c1ccc([N+](=O)[O-])c(O)c1)NC(=O)OCc1ccccc1. The number of aromatic hydroxyl groups is 1. The lowest BCUT2D eigenvalue weighted by molar-refractivity contribution is -0.385. The van der Waals surface area contributed by atoms with Crippen LogP contribution < -0.4 is 5.32 Å². The quantitative estimate of drug-likeness (QED) is 0.345. The second-order valence-corrected chi connectivity index (χ2v) is 5.24. The van der Waals surface area contributed by atoms with E-state index in [-0.39, 0.29) is 17.9 Å². The minimum absolute atomic E-state index is 0.000550. The fourth-order valence-electron chi connectivity index (χ4n) is 2.08. The van der Waals surface area contributed by atoms with Crippen LogP contribution in [0.4, 0.5) is 10.5 Å². The molecule has 0 aliphatic heterocycles. The van der Waals surface area contributed by atoms with Gasteiger partial charge in [-0.3, -0.25) is 15.4 Å². The summed E-state index contributed by atoms with van der Waals surface area (Å²) in [6.07, 6.45) is 0.306. The van der Waals surface area contributed by atoms with E-state index in [1.54, 1.807) is 24.3 Å². The highest BCUT2D eigenvalue weighted by molar-refractivity contribution is 5.96. The van der Waals surface area contributed by atoms with Crippen LogP contribution in [0.15, 0.2) is 54.2 Å². The number of carbonyl (C=O) groups is 2. The molecule has 0 fully saturated rings. The number of phenolic OH excluding ortho intramolecular Hbond substituents is 1. The number of hydrogen-bond donors (Lipinski definition) is 2. The standard InChI is InChI=1S/C18H16N2O7/c1-26-17(22)14(9-13-7-8-15(20(24)25)16(21)10-13)19-18(23)27-11-12-5-3-2-4-6-12/h2-10,21H,11H2,1H3,(H,19,23)/b14-9+.